The second-order valence-corrected chi connectivity index (χ2v) is 11.0. The molecule has 3 heterocycles. The van der Waals surface area contributed by atoms with Crippen LogP contribution in [0.2, 0.25) is 0 Å². The predicted octanol–water partition coefficient (Wildman–Crippen LogP) is 3.41. The first kappa shape index (κ1) is 22.6. The van der Waals surface area contributed by atoms with Crippen molar-refractivity contribution in [2.24, 2.45) is 5.92 Å². The number of nitrogens with zero attached hydrogens (tertiary/aromatic N) is 3. The van der Waals surface area contributed by atoms with E-state index in [1.54, 1.807) is 22.2 Å². The number of carbonyl (C=O) groups excluding carboxylic acids is 2. The lowest BCUT2D eigenvalue weighted by atomic mass is 9.87. The van der Waals surface area contributed by atoms with Crippen molar-refractivity contribution in [3.8, 4) is 0 Å². The van der Waals surface area contributed by atoms with E-state index in [1.165, 1.54) is 36.1 Å². The van der Waals surface area contributed by atoms with Gasteiger partial charge in [0.25, 0.3) is 5.56 Å². The maximum atomic E-state index is 13.1. The van der Waals surface area contributed by atoms with Crippen molar-refractivity contribution < 1.29 is 9.59 Å². The van der Waals surface area contributed by atoms with Crippen LogP contribution < -0.4 is 10.9 Å². The Morgan fingerprint density at radius 1 is 1.03 bits per heavy atom. The maximum Gasteiger partial charge on any atom is 0.262 e. The van der Waals surface area contributed by atoms with Crippen LogP contribution in [0.5, 0.6) is 0 Å². The summed E-state index contributed by atoms with van der Waals surface area (Å²) in [4.78, 5) is 47.0. The molecule has 2 fully saturated rings. The molecule has 178 valence electrons. The number of aromatic nitrogens is 2. The van der Waals surface area contributed by atoms with E-state index in [0.717, 1.165) is 68.3 Å². The van der Waals surface area contributed by atoms with Crippen LogP contribution in [-0.2, 0) is 29.0 Å². The van der Waals surface area contributed by atoms with Gasteiger partial charge in [-0.15, -0.1) is 11.3 Å². The lowest BCUT2D eigenvalue weighted by molar-refractivity contribution is -0.137. The molecule has 5 rings (SSSR count). The van der Waals surface area contributed by atoms with E-state index in [9.17, 15) is 14.4 Å². The molecular formula is C25H34N4O3S. The number of nitrogens with one attached hydrogen (secondary N) is 1. The molecule has 1 aliphatic heterocycles. The molecule has 0 spiro atoms. The largest absolute Gasteiger partial charge is 0.353 e. The average Bonchev–Trinajstić information content (AvgIpc) is 3.23. The third kappa shape index (κ3) is 4.86. The number of carbonyl (C=O) groups is 2. The second kappa shape index (κ2) is 9.95. The van der Waals surface area contributed by atoms with Crippen LogP contribution in [0.25, 0.3) is 10.2 Å². The summed E-state index contributed by atoms with van der Waals surface area (Å²) in [5.41, 5.74) is 1.17. The number of aryl methyl sites for hydroxylation is 3. The Labute approximate surface area is 198 Å². The van der Waals surface area contributed by atoms with Crippen molar-refractivity contribution in [1.29, 1.82) is 0 Å². The maximum absolute atomic E-state index is 13.1. The van der Waals surface area contributed by atoms with Gasteiger partial charge in [-0.1, -0.05) is 19.3 Å². The van der Waals surface area contributed by atoms with Crippen molar-refractivity contribution in [2.75, 3.05) is 13.1 Å². The summed E-state index contributed by atoms with van der Waals surface area (Å²) < 4.78 is 1.59. The van der Waals surface area contributed by atoms with E-state index in [4.69, 9.17) is 0 Å². The summed E-state index contributed by atoms with van der Waals surface area (Å²) in [6, 6.07) is 0.106. The van der Waals surface area contributed by atoms with Gasteiger partial charge < -0.3 is 10.2 Å². The molecule has 8 heteroatoms. The summed E-state index contributed by atoms with van der Waals surface area (Å²) in [5, 5.41) is 3.89. The first-order valence-electron chi connectivity index (χ1n) is 12.7. The zero-order chi connectivity index (χ0) is 22.8. The van der Waals surface area contributed by atoms with Crippen molar-refractivity contribution in [1.82, 2.24) is 19.8 Å². The van der Waals surface area contributed by atoms with Crippen LogP contribution in [0.3, 0.4) is 0 Å². The number of rotatable bonds is 5. The van der Waals surface area contributed by atoms with Gasteiger partial charge in [0.1, 0.15) is 4.83 Å². The Morgan fingerprint density at radius 2 is 1.79 bits per heavy atom. The second-order valence-electron chi connectivity index (χ2n) is 9.89. The van der Waals surface area contributed by atoms with Gasteiger partial charge in [0, 0.05) is 42.9 Å². The molecule has 7 nitrogen and oxygen atoms in total. The lowest BCUT2D eigenvalue weighted by Crippen LogP contribution is -2.48. The molecule has 2 aliphatic carbocycles. The van der Waals surface area contributed by atoms with Crippen LogP contribution in [-0.4, -0.2) is 45.4 Å². The number of amides is 2. The molecule has 1 N–H and O–H groups in total. The van der Waals surface area contributed by atoms with Gasteiger partial charge in [0.05, 0.1) is 11.7 Å². The number of hydrogen-bond donors (Lipinski definition) is 1. The van der Waals surface area contributed by atoms with Crippen LogP contribution in [0.15, 0.2) is 11.1 Å². The summed E-state index contributed by atoms with van der Waals surface area (Å²) in [6.45, 7) is 1.80. The van der Waals surface area contributed by atoms with E-state index in [0.29, 0.717) is 12.5 Å². The van der Waals surface area contributed by atoms with Crippen LogP contribution in [0.1, 0.15) is 74.6 Å². The van der Waals surface area contributed by atoms with E-state index in [-0.39, 0.29) is 29.8 Å². The van der Waals surface area contributed by atoms with Crippen LogP contribution in [0.4, 0.5) is 0 Å². The van der Waals surface area contributed by atoms with Gasteiger partial charge in [0.15, 0.2) is 0 Å². The fraction of sp³-hybridized carbons (Fsp3) is 0.680. The van der Waals surface area contributed by atoms with Crippen molar-refractivity contribution in [3.63, 3.8) is 0 Å². The molecule has 2 aromatic rings. The monoisotopic (exact) mass is 470 g/mol. The smallest absolute Gasteiger partial charge is 0.262 e. The Hall–Kier alpha value is -2.22. The van der Waals surface area contributed by atoms with Gasteiger partial charge in [0.2, 0.25) is 11.8 Å². The van der Waals surface area contributed by atoms with Gasteiger partial charge in [-0.05, 0) is 56.9 Å². The summed E-state index contributed by atoms with van der Waals surface area (Å²) in [7, 11) is 0. The molecule has 33 heavy (non-hydrogen) atoms. The Kier molecular flexibility index (Phi) is 6.81. The Balaban J connectivity index is 1.13. The molecule has 2 amide bonds. The van der Waals surface area contributed by atoms with Crippen LogP contribution >= 0.6 is 11.3 Å². The van der Waals surface area contributed by atoms with E-state index in [2.05, 4.69) is 10.3 Å². The fourth-order valence-electron chi connectivity index (χ4n) is 5.71. The standard InChI is InChI=1S/C25H34N4O3S/c30-21(27-18-10-13-28(14-11-18)24(31)17-6-2-1-3-7-17)12-15-29-16-26-23-22(25(29)32)19-8-4-5-9-20(19)33-23/h16-18H,1-15H2,(H,27,30). The average molecular weight is 471 g/mol. The summed E-state index contributed by atoms with van der Waals surface area (Å²) in [5.74, 6) is 0.492. The minimum absolute atomic E-state index is 0.0123. The van der Waals surface area contributed by atoms with Gasteiger partial charge in [-0.25, -0.2) is 4.98 Å². The van der Waals surface area contributed by atoms with Gasteiger partial charge in [-0.2, -0.15) is 0 Å². The molecule has 0 unspecified atom stereocenters. The zero-order valence-corrected chi connectivity index (χ0v) is 20.1. The van der Waals surface area contributed by atoms with Gasteiger partial charge in [-0.3, -0.25) is 19.0 Å². The first-order valence-corrected chi connectivity index (χ1v) is 13.5. The number of fused-ring (bicyclic) bond motifs is 3. The third-order valence-corrected chi connectivity index (χ3v) is 8.85. The molecule has 1 saturated heterocycles. The third-order valence-electron chi connectivity index (χ3n) is 7.65. The van der Waals surface area contributed by atoms with Crippen molar-refractivity contribution >= 4 is 33.4 Å². The number of hydrogen-bond acceptors (Lipinski definition) is 5. The molecule has 0 atom stereocenters. The topological polar surface area (TPSA) is 84.3 Å². The van der Waals surface area contributed by atoms with Gasteiger partial charge >= 0.3 is 0 Å². The van der Waals surface area contributed by atoms with E-state index in [1.807, 2.05) is 4.90 Å². The van der Waals surface area contributed by atoms with Crippen molar-refractivity contribution in [3.05, 3.63) is 27.1 Å². The number of piperidine rings is 1. The predicted molar refractivity (Wildman–Crippen MR) is 129 cm³/mol. The molecule has 1 saturated carbocycles. The number of likely N-dealkylation sites (tertiary alicyclic amines) is 1. The highest BCUT2D eigenvalue weighted by Crippen LogP contribution is 2.33. The van der Waals surface area contributed by atoms with E-state index < -0.39 is 0 Å². The highest BCUT2D eigenvalue weighted by atomic mass is 32.1. The Morgan fingerprint density at radius 3 is 2.58 bits per heavy atom. The zero-order valence-electron chi connectivity index (χ0n) is 19.3. The van der Waals surface area contributed by atoms with Crippen molar-refractivity contribution in [2.45, 2.75) is 89.6 Å². The normalized spacial score (nSPS) is 20.1. The first-order chi connectivity index (χ1) is 16.1. The van der Waals surface area contributed by atoms with E-state index >= 15 is 0 Å². The molecule has 3 aliphatic rings. The molecule has 2 aromatic heterocycles. The minimum atomic E-state index is -0.0357. The lowest BCUT2D eigenvalue weighted by Gasteiger charge is -2.35. The highest BCUT2D eigenvalue weighted by molar-refractivity contribution is 7.18. The highest BCUT2D eigenvalue weighted by Gasteiger charge is 2.29. The SMILES string of the molecule is O=C(CCn1cnc2sc3c(c2c1=O)CCCC3)NC1CCN(C(=O)C2CCCCC2)CC1. The number of thiophene rings is 1. The molecular weight excluding hydrogens is 436 g/mol. The summed E-state index contributed by atoms with van der Waals surface area (Å²) in [6.07, 6.45) is 13.4. The molecule has 0 radical (unpaired) electrons. The fourth-order valence-corrected chi connectivity index (χ4v) is 6.93. The molecule has 0 aromatic carbocycles. The minimum Gasteiger partial charge on any atom is -0.353 e. The quantitative estimate of drug-likeness (QED) is 0.726. The molecule has 0 bridgehead atoms. The summed E-state index contributed by atoms with van der Waals surface area (Å²) >= 11 is 1.65. The Bertz CT molecular complexity index is 1080. The van der Waals surface area contributed by atoms with Crippen LogP contribution in [0, 0.1) is 5.92 Å².